The van der Waals surface area contributed by atoms with Crippen LogP contribution in [0.5, 0.6) is 17.2 Å². The summed E-state index contributed by atoms with van der Waals surface area (Å²) in [5.74, 6) is 1.57. The molecule has 0 atom stereocenters. The van der Waals surface area contributed by atoms with Crippen LogP contribution >= 0.6 is 0 Å². The van der Waals surface area contributed by atoms with Crippen molar-refractivity contribution < 1.29 is 14.6 Å². The second-order valence-electron chi connectivity index (χ2n) is 4.48. The molecule has 0 saturated carbocycles. The van der Waals surface area contributed by atoms with Crippen molar-refractivity contribution in [2.24, 2.45) is 0 Å². The minimum atomic E-state index is 0.227. The maximum Gasteiger partial charge on any atom is 0.150 e. The highest BCUT2D eigenvalue weighted by molar-refractivity contribution is 5.85. The smallest absolute Gasteiger partial charge is 0.150 e. The average Bonchev–Trinajstić information content (AvgIpc) is 2.47. The van der Waals surface area contributed by atoms with E-state index in [1.54, 1.807) is 36.4 Å². The van der Waals surface area contributed by atoms with Crippen molar-refractivity contribution in [1.82, 2.24) is 0 Å². The summed E-state index contributed by atoms with van der Waals surface area (Å²) in [5.41, 5.74) is 0.612. The van der Waals surface area contributed by atoms with Crippen LogP contribution in [0.1, 0.15) is 10.4 Å². The lowest BCUT2D eigenvalue weighted by atomic mass is 10.1. The topological polar surface area (TPSA) is 46.5 Å². The van der Waals surface area contributed by atoms with Crippen LogP contribution in [-0.2, 0) is 0 Å². The van der Waals surface area contributed by atoms with E-state index in [1.807, 2.05) is 24.3 Å². The van der Waals surface area contributed by atoms with Gasteiger partial charge in [-0.05, 0) is 59.3 Å². The Morgan fingerprint density at radius 3 is 2.25 bits per heavy atom. The first kappa shape index (κ1) is 12.2. The first-order valence-electron chi connectivity index (χ1n) is 6.20. The van der Waals surface area contributed by atoms with Gasteiger partial charge in [0.15, 0.2) is 0 Å². The number of aromatic hydroxyl groups is 1. The molecule has 0 saturated heterocycles. The average molecular weight is 264 g/mol. The largest absolute Gasteiger partial charge is 0.508 e. The molecule has 0 bridgehead atoms. The number of ether oxygens (including phenoxy) is 1. The molecule has 0 fully saturated rings. The monoisotopic (exact) mass is 264 g/mol. The summed E-state index contributed by atoms with van der Waals surface area (Å²) in [6, 6.07) is 17.8. The lowest BCUT2D eigenvalue weighted by Gasteiger charge is -2.07. The number of carbonyl (C=O) groups is 1. The fourth-order valence-electron chi connectivity index (χ4n) is 2.03. The zero-order valence-electron chi connectivity index (χ0n) is 10.6. The highest BCUT2D eigenvalue weighted by Gasteiger charge is 2.01. The number of fused-ring (bicyclic) bond motifs is 1. The predicted octanol–water partition coefficient (Wildman–Crippen LogP) is 4.15. The van der Waals surface area contributed by atoms with Crippen LogP contribution < -0.4 is 4.74 Å². The second kappa shape index (κ2) is 5.05. The highest BCUT2D eigenvalue weighted by atomic mass is 16.5. The van der Waals surface area contributed by atoms with Crippen molar-refractivity contribution >= 4 is 17.1 Å². The fourth-order valence-corrected chi connectivity index (χ4v) is 2.03. The Labute approximate surface area is 116 Å². The second-order valence-corrected chi connectivity index (χ2v) is 4.48. The maximum atomic E-state index is 10.6. The minimum absolute atomic E-state index is 0.227. The van der Waals surface area contributed by atoms with Crippen LogP contribution in [0.3, 0.4) is 0 Å². The van der Waals surface area contributed by atoms with E-state index in [2.05, 4.69) is 0 Å². The number of hydrogen-bond donors (Lipinski definition) is 1. The van der Waals surface area contributed by atoms with Gasteiger partial charge in [0.2, 0.25) is 0 Å². The van der Waals surface area contributed by atoms with Gasteiger partial charge < -0.3 is 9.84 Å². The van der Waals surface area contributed by atoms with Gasteiger partial charge >= 0.3 is 0 Å². The number of carbonyl (C=O) groups excluding carboxylic acids is 1. The highest BCUT2D eigenvalue weighted by Crippen LogP contribution is 2.27. The predicted molar refractivity (Wildman–Crippen MR) is 77.5 cm³/mol. The van der Waals surface area contributed by atoms with Gasteiger partial charge in [0.25, 0.3) is 0 Å². The van der Waals surface area contributed by atoms with Crippen molar-refractivity contribution in [2.45, 2.75) is 0 Å². The summed E-state index contributed by atoms with van der Waals surface area (Å²) in [6.07, 6.45) is 0.794. The third kappa shape index (κ3) is 2.47. The SMILES string of the molecule is O=Cc1ccc(Oc2ccc3ccc(O)cc3c2)cc1. The number of hydrogen-bond acceptors (Lipinski definition) is 3. The Morgan fingerprint density at radius 2 is 1.50 bits per heavy atom. The zero-order valence-corrected chi connectivity index (χ0v) is 10.6. The molecule has 0 aliphatic rings. The molecule has 0 spiro atoms. The lowest BCUT2D eigenvalue weighted by molar-refractivity contribution is 0.112. The van der Waals surface area contributed by atoms with Gasteiger partial charge in [-0.1, -0.05) is 12.1 Å². The summed E-state index contributed by atoms with van der Waals surface area (Å²) >= 11 is 0. The van der Waals surface area contributed by atoms with E-state index >= 15 is 0 Å². The Bertz CT molecular complexity index is 761. The summed E-state index contributed by atoms with van der Waals surface area (Å²) in [7, 11) is 0. The minimum Gasteiger partial charge on any atom is -0.508 e. The van der Waals surface area contributed by atoms with Gasteiger partial charge in [-0.3, -0.25) is 4.79 Å². The molecular formula is C17H12O3. The van der Waals surface area contributed by atoms with Crippen LogP contribution in [0.15, 0.2) is 60.7 Å². The van der Waals surface area contributed by atoms with E-state index in [4.69, 9.17) is 4.74 Å². The molecule has 3 nitrogen and oxygen atoms in total. The van der Waals surface area contributed by atoms with E-state index in [9.17, 15) is 9.90 Å². The molecule has 0 radical (unpaired) electrons. The first-order valence-corrected chi connectivity index (χ1v) is 6.20. The van der Waals surface area contributed by atoms with Crippen molar-refractivity contribution in [3.05, 3.63) is 66.2 Å². The number of phenols is 1. The Morgan fingerprint density at radius 1 is 0.800 bits per heavy atom. The molecule has 0 aliphatic heterocycles. The molecular weight excluding hydrogens is 252 g/mol. The third-order valence-electron chi connectivity index (χ3n) is 3.05. The molecule has 3 rings (SSSR count). The first-order chi connectivity index (χ1) is 9.74. The van der Waals surface area contributed by atoms with E-state index in [0.29, 0.717) is 17.1 Å². The van der Waals surface area contributed by atoms with Crippen LogP contribution in [0.2, 0.25) is 0 Å². The van der Waals surface area contributed by atoms with Gasteiger partial charge in [-0.25, -0.2) is 0 Å². The number of benzene rings is 3. The quantitative estimate of drug-likeness (QED) is 0.723. The fraction of sp³-hybridized carbons (Fsp3) is 0. The van der Waals surface area contributed by atoms with Crippen LogP contribution in [0.4, 0.5) is 0 Å². The molecule has 0 aliphatic carbocycles. The van der Waals surface area contributed by atoms with E-state index in [1.165, 1.54) is 0 Å². The number of phenolic OH excluding ortho intramolecular Hbond substituents is 1. The van der Waals surface area contributed by atoms with Crippen LogP contribution in [0, 0.1) is 0 Å². The molecule has 0 heterocycles. The molecule has 0 aromatic heterocycles. The van der Waals surface area contributed by atoms with Crippen molar-refractivity contribution in [1.29, 1.82) is 0 Å². The van der Waals surface area contributed by atoms with Crippen LogP contribution in [-0.4, -0.2) is 11.4 Å². The molecule has 20 heavy (non-hydrogen) atoms. The Hall–Kier alpha value is -2.81. The standard InChI is InChI=1S/C17H12O3/c18-11-12-1-6-16(7-2-12)20-17-8-4-13-3-5-15(19)9-14(13)10-17/h1-11,19H. The van der Waals surface area contributed by atoms with Crippen molar-refractivity contribution in [3.63, 3.8) is 0 Å². The number of rotatable bonds is 3. The maximum absolute atomic E-state index is 10.6. The molecule has 3 aromatic carbocycles. The summed E-state index contributed by atoms with van der Waals surface area (Å²) < 4.78 is 5.73. The van der Waals surface area contributed by atoms with E-state index in [0.717, 1.165) is 17.1 Å². The van der Waals surface area contributed by atoms with Gasteiger partial charge in [-0.15, -0.1) is 0 Å². The van der Waals surface area contributed by atoms with E-state index in [-0.39, 0.29) is 5.75 Å². The van der Waals surface area contributed by atoms with Gasteiger partial charge in [0, 0.05) is 5.56 Å². The van der Waals surface area contributed by atoms with Crippen molar-refractivity contribution in [3.8, 4) is 17.2 Å². The van der Waals surface area contributed by atoms with Crippen molar-refractivity contribution in [2.75, 3.05) is 0 Å². The third-order valence-corrected chi connectivity index (χ3v) is 3.05. The zero-order chi connectivity index (χ0) is 13.9. The number of aldehydes is 1. The molecule has 3 heteroatoms. The van der Waals surface area contributed by atoms with Gasteiger partial charge in [0.1, 0.15) is 23.5 Å². The van der Waals surface area contributed by atoms with Crippen LogP contribution in [0.25, 0.3) is 10.8 Å². The normalized spacial score (nSPS) is 10.4. The summed E-state index contributed by atoms with van der Waals surface area (Å²) in [6.45, 7) is 0. The van der Waals surface area contributed by atoms with Gasteiger partial charge in [-0.2, -0.15) is 0 Å². The molecule has 1 N–H and O–H groups in total. The van der Waals surface area contributed by atoms with Gasteiger partial charge in [0.05, 0.1) is 0 Å². The van der Waals surface area contributed by atoms with E-state index < -0.39 is 0 Å². The Kier molecular flexibility index (Phi) is 3.09. The molecule has 98 valence electrons. The summed E-state index contributed by atoms with van der Waals surface area (Å²) in [4.78, 5) is 10.6. The molecule has 0 amide bonds. The summed E-state index contributed by atoms with van der Waals surface area (Å²) in [5, 5.41) is 11.4. The lowest BCUT2D eigenvalue weighted by Crippen LogP contribution is -1.85. The molecule has 3 aromatic rings. The molecule has 0 unspecified atom stereocenters. The Balaban J connectivity index is 1.91.